The van der Waals surface area contributed by atoms with Gasteiger partial charge in [0.2, 0.25) is 0 Å². The Bertz CT molecular complexity index is 414. The maximum Gasteiger partial charge on any atom is 0.149 e. The fourth-order valence-electron chi connectivity index (χ4n) is 3.43. The number of hydrogen-bond acceptors (Lipinski definition) is 4. The molecular weight excluding hydrogens is 226 g/mol. The van der Waals surface area contributed by atoms with Gasteiger partial charge in [-0.1, -0.05) is 6.42 Å². The number of nitrogens with two attached hydrogens (primary N) is 1. The van der Waals surface area contributed by atoms with E-state index in [-0.39, 0.29) is 6.04 Å². The predicted molar refractivity (Wildman–Crippen MR) is 70.1 cm³/mol. The molecule has 1 aromatic heterocycles. The summed E-state index contributed by atoms with van der Waals surface area (Å²) >= 11 is 0. The van der Waals surface area contributed by atoms with Crippen LogP contribution in [0.15, 0.2) is 0 Å². The SMILES string of the molecule is CC(NC1CCCC1CN)c1nnc2n1CCC2. The van der Waals surface area contributed by atoms with Crippen molar-refractivity contribution in [3.8, 4) is 0 Å². The Morgan fingerprint density at radius 3 is 3.11 bits per heavy atom. The third-order valence-electron chi connectivity index (χ3n) is 4.45. The Morgan fingerprint density at radius 2 is 2.28 bits per heavy atom. The third-order valence-corrected chi connectivity index (χ3v) is 4.45. The van der Waals surface area contributed by atoms with Gasteiger partial charge in [0.25, 0.3) is 0 Å². The fraction of sp³-hybridized carbons (Fsp3) is 0.846. The number of nitrogens with zero attached hydrogens (tertiary/aromatic N) is 3. The zero-order chi connectivity index (χ0) is 12.5. The summed E-state index contributed by atoms with van der Waals surface area (Å²) in [6.07, 6.45) is 6.09. The number of nitrogens with one attached hydrogen (secondary N) is 1. The lowest BCUT2D eigenvalue weighted by molar-refractivity contribution is 0.361. The van der Waals surface area contributed by atoms with E-state index in [0.717, 1.165) is 31.2 Å². The van der Waals surface area contributed by atoms with Gasteiger partial charge < -0.3 is 15.6 Å². The summed E-state index contributed by atoms with van der Waals surface area (Å²) in [6, 6.07) is 0.834. The van der Waals surface area contributed by atoms with Gasteiger partial charge in [-0.15, -0.1) is 10.2 Å². The first-order chi connectivity index (χ1) is 8.79. The van der Waals surface area contributed by atoms with Crippen LogP contribution in [0.4, 0.5) is 0 Å². The van der Waals surface area contributed by atoms with E-state index in [1.165, 1.54) is 25.7 Å². The average molecular weight is 249 g/mol. The standard InChI is InChI=1S/C13H23N5/c1-9(15-11-5-2-4-10(11)8-14)13-17-16-12-6-3-7-18(12)13/h9-11,15H,2-8,14H2,1H3. The Balaban J connectivity index is 1.69. The topological polar surface area (TPSA) is 68.8 Å². The minimum atomic E-state index is 0.279. The molecule has 1 aromatic rings. The minimum Gasteiger partial charge on any atom is -0.330 e. The molecule has 1 fully saturated rings. The maximum atomic E-state index is 5.84. The molecule has 3 atom stereocenters. The van der Waals surface area contributed by atoms with E-state index >= 15 is 0 Å². The molecule has 0 bridgehead atoms. The van der Waals surface area contributed by atoms with Gasteiger partial charge in [-0.2, -0.15) is 0 Å². The third kappa shape index (κ3) is 2.06. The molecule has 0 saturated heterocycles. The second-order valence-corrected chi connectivity index (χ2v) is 5.65. The van der Waals surface area contributed by atoms with Crippen LogP contribution in [0.2, 0.25) is 0 Å². The molecule has 0 amide bonds. The Hall–Kier alpha value is -0.940. The minimum absolute atomic E-state index is 0.279. The van der Waals surface area contributed by atoms with E-state index in [4.69, 9.17) is 5.73 Å². The molecule has 3 unspecified atom stereocenters. The van der Waals surface area contributed by atoms with Gasteiger partial charge in [0.15, 0.2) is 0 Å². The van der Waals surface area contributed by atoms with Crippen LogP contribution in [0.1, 0.15) is 50.3 Å². The summed E-state index contributed by atoms with van der Waals surface area (Å²) in [6.45, 7) is 4.07. The normalized spacial score (nSPS) is 28.6. The van der Waals surface area contributed by atoms with Crippen LogP contribution in [0, 0.1) is 5.92 Å². The van der Waals surface area contributed by atoms with E-state index in [2.05, 4.69) is 27.0 Å². The van der Waals surface area contributed by atoms with Crippen LogP contribution in [-0.2, 0) is 13.0 Å². The lowest BCUT2D eigenvalue weighted by Crippen LogP contribution is -2.38. The number of hydrogen-bond donors (Lipinski definition) is 2. The van der Waals surface area contributed by atoms with Gasteiger partial charge in [0.1, 0.15) is 11.6 Å². The smallest absolute Gasteiger partial charge is 0.149 e. The van der Waals surface area contributed by atoms with Crippen molar-refractivity contribution in [3.05, 3.63) is 11.6 Å². The number of aryl methyl sites for hydroxylation is 1. The zero-order valence-electron chi connectivity index (χ0n) is 11.1. The first-order valence-corrected chi connectivity index (χ1v) is 7.17. The Kier molecular flexibility index (Phi) is 3.35. The fourth-order valence-corrected chi connectivity index (χ4v) is 3.43. The van der Waals surface area contributed by atoms with E-state index in [0.29, 0.717) is 12.0 Å². The molecule has 2 aliphatic rings. The van der Waals surface area contributed by atoms with Gasteiger partial charge in [0, 0.05) is 19.0 Å². The van der Waals surface area contributed by atoms with Crippen molar-refractivity contribution in [1.29, 1.82) is 0 Å². The van der Waals surface area contributed by atoms with E-state index in [1.54, 1.807) is 0 Å². The second-order valence-electron chi connectivity index (χ2n) is 5.65. The largest absolute Gasteiger partial charge is 0.330 e. The molecule has 2 heterocycles. The van der Waals surface area contributed by atoms with Crippen LogP contribution in [0.3, 0.4) is 0 Å². The summed E-state index contributed by atoms with van der Waals surface area (Å²) in [5.74, 6) is 2.89. The molecule has 5 heteroatoms. The summed E-state index contributed by atoms with van der Waals surface area (Å²) in [4.78, 5) is 0. The maximum absolute atomic E-state index is 5.84. The lowest BCUT2D eigenvalue weighted by atomic mass is 10.0. The highest BCUT2D eigenvalue weighted by molar-refractivity contribution is 5.05. The Labute approximate surface area is 108 Å². The van der Waals surface area contributed by atoms with Gasteiger partial charge in [-0.05, 0) is 38.6 Å². The second kappa shape index (κ2) is 4.97. The van der Waals surface area contributed by atoms with E-state index in [9.17, 15) is 0 Å². The monoisotopic (exact) mass is 249 g/mol. The van der Waals surface area contributed by atoms with Crippen LogP contribution in [0.25, 0.3) is 0 Å². The van der Waals surface area contributed by atoms with Gasteiger partial charge in [-0.3, -0.25) is 0 Å². The highest BCUT2D eigenvalue weighted by Crippen LogP contribution is 2.27. The Morgan fingerprint density at radius 1 is 1.39 bits per heavy atom. The van der Waals surface area contributed by atoms with Crippen LogP contribution >= 0.6 is 0 Å². The first-order valence-electron chi connectivity index (χ1n) is 7.17. The number of aromatic nitrogens is 3. The van der Waals surface area contributed by atoms with Gasteiger partial charge in [-0.25, -0.2) is 0 Å². The van der Waals surface area contributed by atoms with Crippen molar-refractivity contribution in [2.24, 2.45) is 11.7 Å². The summed E-state index contributed by atoms with van der Waals surface area (Å²) < 4.78 is 2.28. The predicted octanol–water partition coefficient (Wildman–Crippen LogP) is 1.00. The highest BCUT2D eigenvalue weighted by atomic mass is 15.3. The van der Waals surface area contributed by atoms with Crippen molar-refractivity contribution < 1.29 is 0 Å². The summed E-state index contributed by atoms with van der Waals surface area (Å²) in [7, 11) is 0. The van der Waals surface area contributed by atoms with Crippen molar-refractivity contribution >= 4 is 0 Å². The molecular formula is C13H23N5. The average Bonchev–Trinajstić information content (AvgIpc) is 3.03. The molecule has 0 spiro atoms. The first kappa shape index (κ1) is 12.1. The molecule has 100 valence electrons. The molecule has 3 rings (SSSR count). The molecule has 1 aliphatic heterocycles. The molecule has 1 saturated carbocycles. The van der Waals surface area contributed by atoms with Crippen molar-refractivity contribution in [2.75, 3.05) is 6.54 Å². The van der Waals surface area contributed by atoms with Gasteiger partial charge in [0.05, 0.1) is 6.04 Å². The van der Waals surface area contributed by atoms with Crippen LogP contribution in [0.5, 0.6) is 0 Å². The molecule has 5 nitrogen and oxygen atoms in total. The molecule has 1 aliphatic carbocycles. The summed E-state index contributed by atoms with van der Waals surface area (Å²) in [5, 5.41) is 12.3. The lowest BCUT2D eigenvalue weighted by Gasteiger charge is -2.23. The highest BCUT2D eigenvalue weighted by Gasteiger charge is 2.29. The van der Waals surface area contributed by atoms with Gasteiger partial charge >= 0.3 is 0 Å². The number of rotatable bonds is 4. The van der Waals surface area contributed by atoms with Crippen molar-refractivity contribution in [3.63, 3.8) is 0 Å². The number of fused-ring (bicyclic) bond motifs is 1. The quantitative estimate of drug-likeness (QED) is 0.835. The van der Waals surface area contributed by atoms with Crippen molar-refractivity contribution in [2.45, 2.75) is 57.7 Å². The van der Waals surface area contributed by atoms with Crippen LogP contribution in [-0.4, -0.2) is 27.4 Å². The van der Waals surface area contributed by atoms with Crippen LogP contribution < -0.4 is 11.1 Å². The van der Waals surface area contributed by atoms with E-state index in [1.807, 2.05) is 0 Å². The van der Waals surface area contributed by atoms with Crippen molar-refractivity contribution in [1.82, 2.24) is 20.1 Å². The molecule has 0 aromatic carbocycles. The summed E-state index contributed by atoms with van der Waals surface area (Å²) in [5.41, 5.74) is 5.84. The zero-order valence-corrected chi connectivity index (χ0v) is 11.1. The van der Waals surface area contributed by atoms with E-state index < -0.39 is 0 Å². The molecule has 3 N–H and O–H groups in total. The molecule has 0 radical (unpaired) electrons. The molecule has 18 heavy (non-hydrogen) atoms.